The first-order valence-electron chi connectivity index (χ1n) is 6.77. The summed E-state index contributed by atoms with van der Waals surface area (Å²) >= 11 is 0. The van der Waals surface area contributed by atoms with E-state index in [4.69, 9.17) is 9.84 Å². The molecule has 5 heteroatoms. The van der Waals surface area contributed by atoms with Crippen molar-refractivity contribution in [2.24, 2.45) is 0 Å². The third kappa shape index (κ3) is 3.38. The zero-order chi connectivity index (χ0) is 15.4. The highest BCUT2D eigenvalue weighted by atomic mass is 32.2. The summed E-state index contributed by atoms with van der Waals surface area (Å²) in [5.41, 5.74) is 1.32. The van der Waals surface area contributed by atoms with Gasteiger partial charge in [0.15, 0.2) is 0 Å². The van der Waals surface area contributed by atoms with E-state index in [1.165, 1.54) is 6.20 Å². The van der Waals surface area contributed by atoms with E-state index in [-0.39, 0.29) is 5.56 Å². The van der Waals surface area contributed by atoms with Gasteiger partial charge < -0.3 is 9.84 Å². The Balaban J connectivity index is 1.64. The number of hydrogen-bond donors (Lipinski definition) is 2. The van der Waals surface area contributed by atoms with Crippen molar-refractivity contribution in [3.05, 3.63) is 82.4 Å². The number of thiol groups is 1. The highest BCUT2D eigenvalue weighted by molar-refractivity contribution is 8.22. The molecule has 2 aromatic rings. The molecule has 0 bridgehead atoms. The van der Waals surface area contributed by atoms with E-state index in [2.05, 4.69) is 10.4 Å². The van der Waals surface area contributed by atoms with Crippen LogP contribution >= 0.6 is 10.9 Å². The predicted octanol–water partition coefficient (Wildman–Crippen LogP) is 3.73. The van der Waals surface area contributed by atoms with Gasteiger partial charge in [-0.25, -0.2) is 4.79 Å². The molecule has 0 radical (unpaired) electrons. The molecule has 0 saturated heterocycles. The van der Waals surface area contributed by atoms with Gasteiger partial charge in [-0.3, -0.25) is 4.98 Å². The van der Waals surface area contributed by atoms with E-state index in [9.17, 15) is 4.79 Å². The number of allylic oxidation sites excluding steroid dienone is 1. The fraction of sp³-hybridized carbons (Fsp3) is 0.0588. The lowest BCUT2D eigenvalue weighted by atomic mass is 10.2. The third-order valence-electron chi connectivity index (χ3n) is 3.17. The SMILES string of the molecule is O=C(O)c1ccc([SH]2C=CC(OCc3ccccc3)=C2)nc1. The maximum Gasteiger partial charge on any atom is 0.337 e. The van der Waals surface area contributed by atoms with Crippen molar-refractivity contribution in [3.63, 3.8) is 0 Å². The number of nitrogens with zero attached hydrogens (tertiary/aromatic N) is 1. The number of carbonyl (C=O) groups is 1. The number of pyridine rings is 1. The molecule has 1 aliphatic heterocycles. The molecule has 1 aliphatic rings. The number of ether oxygens (including phenoxy) is 1. The third-order valence-corrected chi connectivity index (χ3v) is 4.97. The first-order chi connectivity index (χ1) is 10.7. The minimum Gasteiger partial charge on any atom is -0.488 e. The van der Waals surface area contributed by atoms with Crippen LogP contribution in [0.25, 0.3) is 0 Å². The Morgan fingerprint density at radius 1 is 1.18 bits per heavy atom. The molecule has 1 unspecified atom stereocenters. The normalized spacial score (nSPS) is 18.0. The molecule has 4 nitrogen and oxygen atoms in total. The molecule has 0 aliphatic carbocycles. The van der Waals surface area contributed by atoms with Gasteiger partial charge in [0.25, 0.3) is 0 Å². The highest BCUT2D eigenvalue weighted by Gasteiger charge is 2.12. The second-order valence-electron chi connectivity index (χ2n) is 4.74. The Morgan fingerprint density at radius 2 is 2.00 bits per heavy atom. The van der Waals surface area contributed by atoms with E-state index in [0.29, 0.717) is 6.61 Å². The van der Waals surface area contributed by atoms with Crippen LogP contribution in [-0.2, 0) is 11.3 Å². The Hall–Kier alpha value is -2.53. The van der Waals surface area contributed by atoms with Gasteiger partial charge in [-0.05, 0) is 29.2 Å². The molecule has 112 valence electrons. The van der Waals surface area contributed by atoms with E-state index in [1.807, 2.05) is 41.8 Å². The van der Waals surface area contributed by atoms with Gasteiger partial charge in [-0.1, -0.05) is 30.3 Å². The van der Waals surface area contributed by atoms with Crippen LogP contribution in [0.4, 0.5) is 0 Å². The summed E-state index contributed by atoms with van der Waals surface area (Å²) in [6.45, 7) is 0.533. The predicted molar refractivity (Wildman–Crippen MR) is 86.9 cm³/mol. The van der Waals surface area contributed by atoms with Gasteiger partial charge >= 0.3 is 5.97 Å². The number of carboxylic acid groups (broad SMARTS) is 1. The molecule has 0 spiro atoms. The first-order valence-corrected chi connectivity index (χ1v) is 8.25. The zero-order valence-corrected chi connectivity index (χ0v) is 12.6. The summed E-state index contributed by atoms with van der Waals surface area (Å²) in [5.74, 6) is -0.129. The van der Waals surface area contributed by atoms with Crippen molar-refractivity contribution in [1.82, 2.24) is 4.98 Å². The molecule has 1 N–H and O–H groups in total. The van der Waals surface area contributed by atoms with Crippen LogP contribution in [0, 0.1) is 0 Å². The molecular formula is C17H15NO3S. The minimum absolute atomic E-state index is 0.200. The quantitative estimate of drug-likeness (QED) is 0.826. The van der Waals surface area contributed by atoms with E-state index in [1.54, 1.807) is 12.1 Å². The average molecular weight is 313 g/mol. The standard InChI is InChI=1S/C17H15NO3S/c19-17(20)14-6-7-16(18-10-14)22-9-8-15(12-22)21-11-13-4-2-1-3-5-13/h1-10,12,22H,11H2,(H,19,20). The minimum atomic E-state index is -0.962. The van der Waals surface area contributed by atoms with Crippen molar-refractivity contribution in [2.45, 2.75) is 11.6 Å². The average Bonchev–Trinajstić information content (AvgIpc) is 3.03. The van der Waals surface area contributed by atoms with Gasteiger partial charge in [0.05, 0.1) is 10.6 Å². The monoisotopic (exact) mass is 313 g/mol. The second-order valence-corrected chi connectivity index (χ2v) is 6.57. The van der Waals surface area contributed by atoms with Crippen molar-refractivity contribution >= 4 is 16.9 Å². The Bertz CT molecular complexity index is 723. The van der Waals surface area contributed by atoms with E-state index < -0.39 is 16.9 Å². The molecule has 1 atom stereocenters. The second kappa shape index (κ2) is 6.49. The van der Waals surface area contributed by atoms with Gasteiger partial charge in [-0.15, -0.1) is 0 Å². The maximum absolute atomic E-state index is 10.8. The molecule has 22 heavy (non-hydrogen) atoms. The molecule has 1 aromatic carbocycles. The maximum atomic E-state index is 10.8. The number of aromatic nitrogens is 1. The van der Waals surface area contributed by atoms with Crippen LogP contribution in [0.3, 0.4) is 0 Å². The molecule has 2 heterocycles. The summed E-state index contributed by atoms with van der Waals surface area (Å²) in [6, 6.07) is 13.3. The summed E-state index contributed by atoms with van der Waals surface area (Å²) in [4.78, 5) is 15.1. The summed E-state index contributed by atoms with van der Waals surface area (Å²) < 4.78 is 5.77. The van der Waals surface area contributed by atoms with Gasteiger partial charge in [0.2, 0.25) is 0 Å². The number of benzene rings is 1. The molecule has 3 rings (SSSR count). The fourth-order valence-electron chi connectivity index (χ4n) is 2.01. The Kier molecular flexibility index (Phi) is 4.25. The lowest BCUT2D eigenvalue weighted by Crippen LogP contribution is -1.97. The molecule has 0 saturated carbocycles. The van der Waals surface area contributed by atoms with Crippen LogP contribution in [0.2, 0.25) is 0 Å². The molecular weight excluding hydrogens is 298 g/mol. The Morgan fingerprint density at radius 3 is 2.68 bits per heavy atom. The smallest absolute Gasteiger partial charge is 0.337 e. The summed E-state index contributed by atoms with van der Waals surface area (Å²) in [6.07, 6.45) is 3.34. The largest absolute Gasteiger partial charge is 0.488 e. The van der Waals surface area contributed by atoms with E-state index >= 15 is 0 Å². The zero-order valence-electron chi connectivity index (χ0n) is 11.7. The lowest BCUT2D eigenvalue weighted by molar-refractivity contribution is 0.0696. The highest BCUT2D eigenvalue weighted by Crippen LogP contribution is 2.43. The van der Waals surface area contributed by atoms with Crippen LogP contribution in [0.15, 0.2) is 76.3 Å². The van der Waals surface area contributed by atoms with Crippen LogP contribution < -0.4 is 0 Å². The van der Waals surface area contributed by atoms with Gasteiger partial charge in [0.1, 0.15) is 12.4 Å². The first kappa shape index (κ1) is 14.4. The van der Waals surface area contributed by atoms with Gasteiger partial charge in [0, 0.05) is 11.6 Å². The molecule has 0 fully saturated rings. The van der Waals surface area contributed by atoms with Crippen LogP contribution in [0.1, 0.15) is 15.9 Å². The molecule has 0 amide bonds. The van der Waals surface area contributed by atoms with Crippen molar-refractivity contribution in [1.29, 1.82) is 0 Å². The van der Waals surface area contributed by atoms with Crippen LogP contribution in [0.5, 0.6) is 0 Å². The fourth-order valence-corrected chi connectivity index (χ4v) is 3.56. The van der Waals surface area contributed by atoms with Crippen molar-refractivity contribution in [2.75, 3.05) is 0 Å². The topological polar surface area (TPSA) is 59.4 Å². The summed E-state index contributed by atoms with van der Waals surface area (Å²) in [7, 11) is -0.663. The van der Waals surface area contributed by atoms with Crippen LogP contribution in [-0.4, -0.2) is 16.1 Å². The number of hydrogen-bond acceptors (Lipinski definition) is 3. The van der Waals surface area contributed by atoms with Crippen molar-refractivity contribution in [3.8, 4) is 0 Å². The van der Waals surface area contributed by atoms with Crippen molar-refractivity contribution < 1.29 is 14.6 Å². The lowest BCUT2D eigenvalue weighted by Gasteiger charge is -2.09. The Labute approximate surface area is 131 Å². The number of aromatic carboxylic acids is 1. The summed E-state index contributed by atoms with van der Waals surface area (Å²) in [5, 5.41) is 13.8. The number of carboxylic acids is 1. The van der Waals surface area contributed by atoms with E-state index in [0.717, 1.165) is 16.3 Å². The number of rotatable bonds is 5. The molecule has 1 aromatic heterocycles. The van der Waals surface area contributed by atoms with Gasteiger partial charge in [-0.2, -0.15) is 10.9 Å².